The predicted octanol–water partition coefficient (Wildman–Crippen LogP) is 4.14. The summed E-state index contributed by atoms with van der Waals surface area (Å²) in [5.41, 5.74) is 0.785. The number of nitrogens with one attached hydrogen (secondary N) is 1. The van der Waals surface area contributed by atoms with Gasteiger partial charge in [-0.3, -0.25) is 0 Å². The lowest BCUT2D eigenvalue weighted by molar-refractivity contribution is 0.0193. The summed E-state index contributed by atoms with van der Waals surface area (Å²) in [6.45, 7) is 11.8. The normalized spacial score (nSPS) is 11.6. The summed E-state index contributed by atoms with van der Waals surface area (Å²) in [5, 5.41) is 3.39. The van der Waals surface area contributed by atoms with Crippen molar-refractivity contribution >= 4 is 17.9 Å². The molecule has 0 unspecified atom stereocenters. The van der Waals surface area contributed by atoms with Crippen molar-refractivity contribution in [3.8, 4) is 0 Å². The van der Waals surface area contributed by atoms with E-state index in [1.165, 1.54) is 10.5 Å². The van der Waals surface area contributed by atoms with Gasteiger partial charge >= 0.3 is 6.09 Å². The molecule has 0 atom stereocenters. The first-order chi connectivity index (χ1) is 10.7. The van der Waals surface area contributed by atoms with Gasteiger partial charge in [0.25, 0.3) is 0 Å². The lowest BCUT2D eigenvalue weighted by Gasteiger charge is -2.30. The van der Waals surface area contributed by atoms with Crippen LogP contribution in [-0.2, 0) is 11.3 Å². The Morgan fingerprint density at radius 1 is 1.26 bits per heavy atom. The summed E-state index contributed by atoms with van der Waals surface area (Å²) in [6, 6.07) is 8.64. The molecule has 0 saturated carbocycles. The number of carbonyl (C=O) groups is 1. The Kier molecular flexibility index (Phi) is 7.92. The van der Waals surface area contributed by atoms with Crippen LogP contribution < -0.4 is 5.32 Å². The maximum absolute atomic E-state index is 12.2. The smallest absolute Gasteiger partial charge is 0.410 e. The molecule has 1 amide bonds. The molecule has 5 heteroatoms. The minimum Gasteiger partial charge on any atom is -0.444 e. The quantitative estimate of drug-likeness (QED) is 0.599. The number of rotatable bonds is 7. The van der Waals surface area contributed by atoms with E-state index >= 15 is 0 Å². The second-order valence-corrected chi connectivity index (χ2v) is 7.67. The Hall–Kier alpha value is -1.20. The summed E-state index contributed by atoms with van der Waals surface area (Å²) in [4.78, 5) is 15.2. The van der Waals surface area contributed by atoms with Crippen molar-refractivity contribution in [1.82, 2.24) is 10.2 Å². The zero-order valence-electron chi connectivity index (χ0n) is 15.2. The fourth-order valence-corrected chi connectivity index (χ4v) is 2.46. The third-order valence-electron chi connectivity index (χ3n) is 3.27. The molecule has 0 heterocycles. The summed E-state index contributed by atoms with van der Waals surface area (Å²) in [5.74, 6) is 0. The molecule has 0 aliphatic heterocycles. The molecule has 0 fully saturated rings. The topological polar surface area (TPSA) is 41.6 Å². The Morgan fingerprint density at radius 3 is 2.35 bits per heavy atom. The Balaban J connectivity index is 2.42. The third kappa shape index (κ3) is 7.75. The molecule has 0 saturated heterocycles. The highest BCUT2D eigenvalue weighted by molar-refractivity contribution is 7.98. The van der Waals surface area contributed by atoms with E-state index in [4.69, 9.17) is 4.74 Å². The van der Waals surface area contributed by atoms with Gasteiger partial charge in [0.15, 0.2) is 0 Å². The highest BCUT2D eigenvalue weighted by Gasteiger charge is 2.23. The monoisotopic (exact) mass is 338 g/mol. The average Bonchev–Trinajstić information content (AvgIpc) is 2.45. The molecular formula is C18H30N2O2S. The molecule has 23 heavy (non-hydrogen) atoms. The Bertz CT molecular complexity index is 481. The van der Waals surface area contributed by atoms with Crippen molar-refractivity contribution in [1.29, 1.82) is 0 Å². The van der Waals surface area contributed by atoms with Gasteiger partial charge in [-0.25, -0.2) is 4.79 Å². The van der Waals surface area contributed by atoms with Crippen molar-refractivity contribution < 1.29 is 9.53 Å². The molecule has 1 N–H and O–H groups in total. The van der Waals surface area contributed by atoms with Crippen LogP contribution in [0, 0.1) is 0 Å². The number of benzene rings is 1. The van der Waals surface area contributed by atoms with Gasteiger partial charge in [-0.05, 0) is 58.6 Å². The van der Waals surface area contributed by atoms with E-state index in [1.807, 2.05) is 34.6 Å². The van der Waals surface area contributed by atoms with E-state index in [0.717, 1.165) is 13.1 Å². The first-order valence-electron chi connectivity index (χ1n) is 8.06. The molecule has 0 radical (unpaired) electrons. The fraction of sp³-hybridized carbons (Fsp3) is 0.611. The second-order valence-electron chi connectivity index (χ2n) is 6.79. The van der Waals surface area contributed by atoms with Crippen LogP contribution in [0.2, 0.25) is 0 Å². The lowest BCUT2D eigenvalue weighted by atomic mass is 10.2. The maximum Gasteiger partial charge on any atom is 0.410 e. The number of amides is 1. The van der Waals surface area contributed by atoms with Gasteiger partial charge in [0, 0.05) is 30.6 Å². The average molecular weight is 339 g/mol. The molecule has 1 aromatic carbocycles. The number of ether oxygens (including phenoxy) is 1. The highest BCUT2D eigenvalue weighted by atomic mass is 32.2. The van der Waals surface area contributed by atoms with E-state index in [-0.39, 0.29) is 12.1 Å². The van der Waals surface area contributed by atoms with E-state index < -0.39 is 5.60 Å². The van der Waals surface area contributed by atoms with Crippen LogP contribution in [0.15, 0.2) is 29.2 Å². The summed E-state index contributed by atoms with van der Waals surface area (Å²) < 4.78 is 5.46. The van der Waals surface area contributed by atoms with Crippen LogP contribution in [0.25, 0.3) is 0 Å². The minimum atomic E-state index is -0.462. The first kappa shape index (κ1) is 19.8. The lowest BCUT2D eigenvalue weighted by Crippen LogP contribution is -2.44. The van der Waals surface area contributed by atoms with Crippen LogP contribution in [0.4, 0.5) is 4.79 Å². The van der Waals surface area contributed by atoms with Crippen molar-refractivity contribution in [3.63, 3.8) is 0 Å². The highest BCUT2D eigenvalue weighted by Crippen LogP contribution is 2.15. The molecule has 0 spiro atoms. The zero-order chi connectivity index (χ0) is 17.5. The van der Waals surface area contributed by atoms with Crippen LogP contribution in [0.5, 0.6) is 0 Å². The number of carbonyl (C=O) groups excluding carboxylic acids is 1. The molecule has 1 aromatic rings. The molecular weight excluding hydrogens is 308 g/mol. The molecule has 0 aliphatic carbocycles. The molecule has 0 bridgehead atoms. The van der Waals surface area contributed by atoms with Crippen LogP contribution in [0.3, 0.4) is 0 Å². The molecule has 4 nitrogen and oxygen atoms in total. The Morgan fingerprint density at radius 2 is 1.87 bits per heavy atom. The number of hydrogen-bond donors (Lipinski definition) is 1. The summed E-state index contributed by atoms with van der Waals surface area (Å²) in [7, 11) is 0. The van der Waals surface area contributed by atoms with Crippen molar-refractivity contribution in [2.24, 2.45) is 0 Å². The standard InChI is InChI=1S/C18H30N2O2S/c1-14(2)20(17(21)22-18(3,4)5)12-11-19-13-15-7-9-16(23-6)10-8-15/h7-10,14,19H,11-13H2,1-6H3. The summed E-state index contributed by atoms with van der Waals surface area (Å²) in [6.07, 6.45) is 1.82. The second kappa shape index (κ2) is 9.18. The SMILES string of the molecule is CSc1ccc(CNCCN(C(=O)OC(C)(C)C)C(C)C)cc1. The molecule has 0 aliphatic rings. The predicted molar refractivity (Wildman–Crippen MR) is 98.0 cm³/mol. The van der Waals surface area contributed by atoms with Gasteiger partial charge in [0.1, 0.15) is 5.60 Å². The number of hydrogen-bond acceptors (Lipinski definition) is 4. The van der Waals surface area contributed by atoms with Crippen LogP contribution in [-0.4, -0.2) is 42.0 Å². The number of thioether (sulfide) groups is 1. The van der Waals surface area contributed by atoms with Gasteiger partial charge < -0.3 is 15.0 Å². The maximum atomic E-state index is 12.2. The van der Waals surface area contributed by atoms with Gasteiger partial charge in [-0.2, -0.15) is 0 Å². The molecule has 1 rings (SSSR count). The first-order valence-corrected chi connectivity index (χ1v) is 9.28. The van der Waals surface area contributed by atoms with Crippen LogP contribution in [0.1, 0.15) is 40.2 Å². The van der Waals surface area contributed by atoms with Gasteiger partial charge in [-0.1, -0.05) is 12.1 Å². The van der Waals surface area contributed by atoms with Gasteiger partial charge in [-0.15, -0.1) is 11.8 Å². The zero-order valence-corrected chi connectivity index (χ0v) is 16.0. The van der Waals surface area contributed by atoms with Crippen LogP contribution >= 0.6 is 11.8 Å². The minimum absolute atomic E-state index is 0.118. The van der Waals surface area contributed by atoms with E-state index in [1.54, 1.807) is 16.7 Å². The van der Waals surface area contributed by atoms with E-state index in [2.05, 4.69) is 35.8 Å². The summed E-state index contributed by atoms with van der Waals surface area (Å²) >= 11 is 1.74. The van der Waals surface area contributed by atoms with Crippen molar-refractivity contribution in [2.45, 2.75) is 57.7 Å². The van der Waals surface area contributed by atoms with Crippen molar-refractivity contribution in [2.75, 3.05) is 19.3 Å². The molecule has 130 valence electrons. The van der Waals surface area contributed by atoms with E-state index in [9.17, 15) is 4.79 Å². The fourth-order valence-electron chi connectivity index (χ4n) is 2.06. The molecule has 0 aromatic heterocycles. The number of nitrogens with zero attached hydrogens (tertiary/aromatic N) is 1. The van der Waals surface area contributed by atoms with Gasteiger partial charge in [0.2, 0.25) is 0 Å². The Labute approximate surface area is 145 Å². The third-order valence-corrected chi connectivity index (χ3v) is 4.01. The van der Waals surface area contributed by atoms with Crippen molar-refractivity contribution in [3.05, 3.63) is 29.8 Å². The largest absolute Gasteiger partial charge is 0.444 e. The van der Waals surface area contributed by atoms with E-state index in [0.29, 0.717) is 6.54 Å². The van der Waals surface area contributed by atoms with Gasteiger partial charge in [0.05, 0.1) is 0 Å².